The van der Waals surface area contributed by atoms with Crippen LogP contribution >= 0.6 is 0 Å². The van der Waals surface area contributed by atoms with Gasteiger partial charge in [0, 0.05) is 25.8 Å². The molecule has 0 radical (unpaired) electrons. The van der Waals surface area contributed by atoms with Crippen molar-refractivity contribution in [3.8, 4) is 0 Å². The summed E-state index contributed by atoms with van der Waals surface area (Å²) < 4.78 is 0. The normalized spacial score (nSPS) is 12.1. The molecule has 0 spiro atoms. The van der Waals surface area contributed by atoms with E-state index >= 15 is 0 Å². The molecule has 1 aromatic rings. The van der Waals surface area contributed by atoms with Gasteiger partial charge in [-0.2, -0.15) is 0 Å². The van der Waals surface area contributed by atoms with E-state index < -0.39 is 12.0 Å². The van der Waals surface area contributed by atoms with E-state index in [9.17, 15) is 4.79 Å². The second-order valence-corrected chi connectivity index (χ2v) is 4.26. The Morgan fingerprint density at radius 1 is 1.44 bits per heavy atom. The molecule has 1 rings (SSSR count). The van der Waals surface area contributed by atoms with Gasteiger partial charge in [-0.3, -0.25) is 4.79 Å². The minimum Gasteiger partial charge on any atom is -0.480 e. The number of carbonyl (C=O) groups is 1. The Morgan fingerprint density at radius 2 is 2.11 bits per heavy atom. The number of benzene rings is 1. The van der Waals surface area contributed by atoms with Crippen molar-refractivity contribution in [2.75, 3.05) is 31.6 Å². The van der Waals surface area contributed by atoms with Gasteiger partial charge in [-0.25, -0.2) is 0 Å². The minimum atomic E-state index is -0.969. The van der Waals surface area contributed by atoms with Crippen LogP contribution < -0.4 is 16.0 Å². The molecule has 0 aliphatic rings. The molecule has 0 saturated carbocycles. The van der Waals surface area contributed by atoms with Crippen molar-refractivity contribution >= 4 is 11.7 Å². The van der Waals surface area contributed by atoms with Gasteiger partial charge in [-0.15, -0.1) is 0 Å². The standard InChI is InChI=1S/C13H21N3O2/c1-16(11-6-3-2-4-7-11)9-5-8-15-10-12(14)13(17)18/h2-4,6-7,12,15H,5,8-10,14H2,1H3,(H,17,18). The van der Waals surface area contributed by atoms with Crippen molar-refractivity contribution in [2.24, 2.45) is 5.73 Å². The number of nitrogens with two attached hydrogens (primary N) is 1. The minimum absolute atomic E-state index is 0.310. The third kappa shape index (κ3) is 5.16. The van der Waals surface area contributed by atoms with Gasteiger partial charge < -0.3 is 21.1 Å². The number of nitrogens with zero attached hydrogens (tertiary/aromatic N) is 1. The Labute approximate surface area is 108 Å². The highest BCUT2D eigenvalue weighted by Gasteiger charge is 2.09. The van der Waals surface area contributed by atoms with Crippen LogP contribution in [-0.2, 0) is 4.79 Å². The van der Waals surface area contributed by atoms with Crippen LogP contribution in [0.1, 0.15) is 6.42 Å². The monoisotopic (exact) mass is 251 g/mol. The molecule has 0 bridgehead atoms. The lowest BCUT2D eigenvalue weighted by Gasteiger charge is -2.19. The molecule has 0 aromatic heterocycles. The molecule has 5 heteroatoms. The van der Waals surface area contributed by atoms with Gasteiger partial charge in [0.15, 0.2) is 0 Å². The molecule has 5 nitrogen and oxygen atoms in total. The maximum Gasteiger partial charge on any atom is 0.321 e. The van der Waals surface area contributed by atoms with E-state index in [1.54, 1.807) is 0 Å². The van der Waals surface area contributed by atoms with Gasteiger partial charge >= 0.3 is 5.97 Å². The van der Waals surface area contributed by atoms with Crippen LogP contribution in [0, 0.1) is 0 Å². The highest BCUT2D eigenvalue weighted by atomic mass is 16.4. The summed E-state index contributed by atoms with van der Waals surface area (Å²) in [5.41, 5.74) is 6.56. The summed E-state index contributed by atoms with van der Waals surface area (Å²) in [6, 6.07) is 9.32. The molecule has 0 aliphatic heterocycles. The first-order valence-electron chi connectivity index (χ1n) is 6.06. The quantitative estimate of drug-likeness (QED) is 0.587. The van der Waals surface area contributed by atoms with Gasteiger partial charge in [-0.05, 0) is 25.1 Å². The van der Waals surface area contributed by atoms with E-state index in [4.69, 9.17) is 10.8 Å². The molecule has 0 amide bonds. The van der Waals surface area contributed by atoms with E-state index in [-0.39, 0.29) is 0 Å². The zero-order valence-electron chi connectivity index (χ0n) is 10.7. The van der Waals surface area contributed by atoms with Crippen LogP contribution in [0.4, 0.5) is 5.69 Å². The third-order valence-electron chi connectivity index (χ3n) is 2.73. The van der Waals surface area contributed by atoms with Crippen molar-refractivity contribution in [2.45, 2.75) is 12.5 Å². The summed E-state index contributed by atoms with van der Waals surface area (Å²) in [6.45, 7) is 1.99. The summed E-state index contributed by atoms with van der Waals surface area (Å²) in [7, 11) is 2.04. The van der Waals surface area contributed by atoms with Gasteiger partial charge in [0.1, 0.15) is 6.04 Å². The molecule has 18 heavy (non-hydrogen) atoms. The summed E-state index contributed by atoms with van der Waals surface area (Å²) in [5.74, 6) is -0.969. The average molecular weight is 251 g/mol. The van der Waals surface area contributed by atoms with Crippen LogP contribution in [0.15, 0.2) is 30.3 Å². The predicted molar refractivity (Wildman–Crippen MR) is 72.8 cm³/mol. The topological polar surface area (TPSA) is 78.6 Å². The second kappa shape index (κ2) is 7.68. The molecule has 0 aliphatic carbocycles. The van der Waals surface area contributed by atoms with Crippen LogP contribution in [0.3, 0.4) is 0 Å². The first-order chi connectivity index (χ1) is 8.61. The van der Waals surface area contributed by atoms with E-state index in [0.717, 1.165) is 19.5 Å². The summed E-state index contributed by atoms with van der Waals surface area (Å²) >= 11 is 0. The zero-order chi connectivity index (χ0) is 13.4. The lowest BCUT2D eigenvalue weighted by molar-refractivity contribution is -0.138. The van der Waals surface area contributed by atoms with Crippen LogP contribution in [-0.4, -0.2) is 43.8 Å². The largest absolute Gasteiger partial charge is 0.480 e. The fraction of sp³-hybridized carbons (Fsp3) is 0.462. The summed E-state index contributed by atoms with van der Waals surface area (Å²) in [4.78, 5) is 12.6. The highest BCUT2D eigenvalue weighted by molar-refractivity contribution is 5.73. The molecule has 1 aromatic carbocycles. The number of hydrogen-bond donors (Lipinski definition) is 3. The van der Waals surface area contributed by atoms with E-state index in [2.05, 4.69) is 22.3 Å². The molecule has 0 saturated heterocycles. The number of hydrogen-bond acceptors (Lipinski definition) is 4. The summed E-state index contributed by atoms with van der Waals surface area (Å²) in [5, 5.41) is 11.6. The van der Waals surface area contributed by atoms with Crippen LogP contribution in [0.5, 0.6) is 0 Å². The maximum atomic E-state index is 10.5. The highest BCUT2D eigenvalue weighted by Crippen LogP contribution is 2.10. The number of carboxylic acids is 1. The van der Waals surface area contributed by atoms with Crippen molar-refractivity contribution in [1.29, 1.82) is 0 Å². The molecule has 0 heterocycles. The fourth-order valence-electron chi connectivity index (χ4n) is 1.60. The predicted octanol–water partition coefficient (Wildman–Crippen LogP) is 0.514. The Balaban J connectivity index is 2.13. The molecule has 1 unspecified atom stereocenters. The Hall–Kier alpha value is -1.59. The molecule has 0 fully saturated rings. The average Bonchev–Trinajstić information content (AvgIpc) is 2.38. The molecular weight excluding hydrogens is 230 g/mol. The van der Waals surface area contributed by atoms with Crippen molar-refractivity contribution in [3.05, 3.63) is 30.3 Å². The number of nitrogens with one attached hydrogen (secondary N) is 1. The maximum absolute atomic E-state index is 10.5. The lowest BCUT2D eigenvalue weighted by atomic mass is 10.2. The SMILES string of the molecule is CN(CCCNCC(N)C(=O)O)c1ccccc1. The lowest BCUT2D eigenvalue weighted by Crippen LogP contribution is -2.40. The van der Waals surface area contributed by atoms with Crippen LogP contribution in [0.25, 0.3) is 0 Å². The third-order valence-corrected chi connectivity index (χ3v) is 2.73. The number of rotatable bonds is 8. The van der Waals surface area contributed by atoms with E-state index in [1.807, 2.05) is 25.2 Å². The first kappa shape index (κ1) is 14.5. The van der Waals surface area contributed by atoms with Crippen molar-refractivity contribution in [1.82, 2.24) is 5.32 Å². The van der Waals surface area contributed by atoms with E-state index in [1.165, 1.54) is 5.69 Å². The van der Waals surface area contributed by atoms with E-state index in [0.29, 0.717) is 6.54 Å². The van der Waals surface area contributed by atoms with Gasteiger partial charge in [0.2, 0.25) is 0 Å². The summed E-state index contributed by atoms with van der Waals surface area (Å²) in [6.07, 6.45) is 0.942. The number of anilines is 1. The molecule has 4 N–H and O–H groups in total. The Morgan fingerprint density at radius 3 is 2.72 bits per heavy atom. The fourth-order valence-corrected chi connectivity index (χ4v) is 1.60. The smallest absolute Gasteiger partial charge is 0.321 e. The second-order valence-electron chi connectivity index (χ2n) is 4.26. The number of aliphatic carboxylic acids is 1. The van der Waals surface area contributed by atoms with Crippen LogP contribution in [0.2, 0.25) is 0 Å². The van der Waals surface area contributed by atoms with Crippen molar-refractivity contribution in [3.63, 3.8) is 0 Å². The van der Waals surface area contributed by atoms with Gasteiger partial charge in [-0.1, -0.05) is 18.2 Å². The number of para-hydroxylation sites is 1. The number of carboxylic acid groups (broad SMARTS) is 1. The Bertz CT molecular complexity index is 357. The zero-order valence-corrected chi connectivity index (χ0v) is 10.7. The first-order valence-corrected chi connectivity index (χ1v) is 6.06. The van der Waals surface area contributed by atoms with Gasteiger partial charge in [0.05, 0.1) is 0 Å². The molecule has 100 valence electrons. The molecule has 1 atom stereocenters. The molecular formula is C13H21N3O2. The van der Waals surface area contributed by atoms with Gasteiger partial charge in [0.25, 0.3) is 0 Å². The van der Waals surface area contributed by atoms with Crippen molar-refractivity contribution < 1.29 is 9.90 Å². The Kier molecular flexibility index (Phi) is 6.18.